The first kappa shape index (κ1) is 16.4. The van der Waals surface area contributed by atoms with Crippen molar-refractivity contribution in [3.63, 3.8) is 0 Å². The van der Waals surface area contributed by atoms with Gasteiger partial charge in [-0.05, 0) is 43.0 Å². The number of methoxy groups -OCH3 is 1. The second kappa shape index (κ2) is 7.84. The van der Waals surface area contributed by atoms with Crippen LogP contribution in [0, 0.1) is 0 Å². The van der Waals surface area contributed by atoms with Gasteiger partial charge in [-0.15, -0.1) is 0 Å². The molecule has 114 valence electrons. The summed E-state index contributed by atoms with van der Waals surface area (Å²) < 4.78 is 5.31. The Kier molecular flexibility index (Phi) is 6.10. The number of alkyl halides is 1. The lowest BCUT2D eigenvalue weighted by Gasteiger charge is -2.39. The van der Waals surface area contributed by atoms with Gasteiger partial charge in [-0.25, -0.2) is 0 Å². The monoisotopic (exact) mass is 348 g/mol. The molecule has 1 aliphatic carbocycles. The zero-order valence-electron chi connectivity index (χ0n) is 13.1. The van der Waals surface area contributed by atoms with E-state index < -0.39 is 0 Å². The van der Waals surface area contributed by atoms with E-state index in [1.165, 1.54) is 43.2 Å². The van der Waals surface area contributed by atoms with Crippen LogP contribution in [0.4, 0.5) is 0 Å². The normalized spacial score (nSPS) is 18.9. The zero-order chi connectivity index (χ0) is 15.1. The van der Waals surface area contributed by atoms with Gasteiger partial charge in [0.1, 0.15) is 5.75 Å². The smallest absolute Gasteiger partial charge is 0.118 e. The second-order valence-corrected chi connectivity index (χ2v) is 6.32. The Labute approximate surface area is 137 Å². The highest BCUT2D eigenvalue weighted by Crippen LogP contribution is 2.45. The Morgan fingerprint density at radius 2 is 1.86 bits per heavy atom. The van der Waals surface area contributed by atoms with Crippen molar-refractivity contribution in [3.8, 4) is 5.75 Å². The lowest BCUT2D eigenvalue weighted by atomic mass is 9.64. The predicted molar refractivity (Wildman–Crippen MR) is 94.4 cm³/mol. The number of allylic oxidation sites excluding steroid dienone is 4. The lowest BCUT2D eigenvalue weighted by molar-refractivity contribution is 0.344. The molecule has 0 spiro atoms. The molecular formula is C19H25BrO. The van der Waals surface area contributed by atoms with Gasteiger partial charge in [-0.2, -0.15) is 0 Å². The van der Waals surface area contributed by atoms with E-state index in [0.717, 1.165) is 11.1 Å². The molecule has 0 unspecified atom stereocenters. The minimum absolute atomic E-state index is 0.179. The molecule has 0 bridgehead atoms. The maximum atomic E-state index is 5.31. The summed E-state index contributed by atoms with van der Waals surface area (Å²) in [4.78, 5) is 0. The summed E-state index contributed by atoms with van der Waals surface area (Å²) in [5.74, 6) is 0.933. The minimum atomic E-state index is 0.179. The third-order valence-electron chi connectivity index (χ3n) is 4.60. The molecule has 2 heteroatoms. The van der Waals surface area contributed by atoms with Crippen LogP contribution in [0.5, 0.6) is 5.75 Å². The predicted octanol–water partition coefficient (Wildman–Crippen LogP) is 5.79. The van der Waals surface area contributed by atoms with E-state index in [4.69, 9.17) is 4.74 Å². The van der Waals surface area contributed by atoms with E-state index in [2.05, 4.69) is 65.3 Å². The molecule has 0 saturated heterocycles. The van der Waals surface area contributed by atoms with Crippen LogP contribution in [-0.4, -0.2) is 12.4 Å². The van der Waals surface area contributed by atoms with Gasteiger partial charge in [0.25, 0.3) is 0 Å². The number of benzene rings is 1. The number of ether oxygens (including phenoxy) is 1. The molecule has 0 atom stereocenters. The standard InChI is InChI=1S/C19H25BrO/c1-3-16(8-7-15-20)19(13-5-4-6-14-19)17-9-11-18(21-2)12-10-17/h3,7-12H,4-6,13-15H2,1-2H3/b8-7-,16-3+. The number of hydrogen-bond acceptors (Lipinski definition) is 1. The van der Waals surface area contributed by atoms with Crippen molar-refractivity contribution in [2.45, 2.75) is 44.4 Å². The molecule has 0 N–H and O–H groups in total. The fourth-order valence-corrected chi connectivity index (χ4v) is 3.70. The van der Waals surface area contributed by atoms with E-state index in [1.807, 2.05) is 0 Å². The molecule has 2 rings (SSSR count). The van der Waals surface area contributed by atoms with Crippen molar-refractivity contribution < 1.29 is 4.74 Å². The van der Waals surface area contributed by atoms with Crippen LogP contribution in [0.1, 0.15) is 44.6 Å². The van der Waals surface area contributed by atoms with Crippen molar-refractivity contribution in [2.24, 2.45) is 0 Å². The van der Waals surface area contributed by atoms with Crippen molar-refractivity contribution in [2.75, 3.05) is 12.4 Å². The van der Waals surface area contributed by atoms with E-state index in [1.54, 1.807) is 7.11 Å². The van der Waals surface area contributed by atoms with Crippen molar-refractivity contribution >= 4 is 15.9 Å². The largest absolute Gasteiger partial charge is 0.497 e. The summed E-state index contributed by atoms with van der Waals surface area (Å²) in [7, 11) is 1.72. The Morgan fingerprint density at radius 1 is 1.19 bits per heavy atom. The van der Waals surface area contributed by atoms with Gasteiger partial charge in [-0.1, -0.05) is 65.6 Å². The summed E-state index contributed by atoms with van der Waals surface area (Å²) in [6, 6.07) is 8.67. The molecule has 1 aromatic rings. The summed E-state index contributed by atoms with van der Waals surface area (Å²) in [6.07, 6.45) is 13.2. The van der Waals surface area contributed by atoms with Crippen LogP contribution >= 0.6 is 15.9 Å². The van der Waals surface area contributed by atoms with E-state index in [-0.39, 0.29) is 5.41 Å². The van der Waals surface area contributed by atoms with Crippen molar-refractivity contribution in [1.82, 2.24) is 0 Å². The van der Waals surface area contributed by atoms with Crippen molar-refractivity contribution in [3.05, 3.63) is 53.6 Å². The topological polar surface area (TPSA) is 9.23 Å². The van der Waals surface area contributed by atoms with Gasteiger partial charge in [0.05, 0.1) is 7.11 Å². The van der Waals surface area contributed by atoms with Crippen LogP contribution in [0.3, 0.4) is 0 Å². The number of hydrogen-bond donors (Lipinski definition) is 0. The Hall–Kier alpha value is -1.02. The molecule has 0 amide bonds. The maximum Gasteiger partial charge on any atom is 0.118 e. The van der Waals surface area contributed by atoms with E-state index >= 15 is 0 Å². The van der Waals surface area contributed by atoms with Gasteiger partial charge in [0.15, 0.2) is 0 Å². The average molecular weight is 349 g/mol. The van der Waals surface area contributed by atoms with Crippen LogP contribution < -0.4 is 4.74 Å². The molecule has 21 heavy (non-hydrogen) atoms. The molecule has 0 heterocycles. The molecule has 1 aromatic carbocycles. The first-order chi connectivity index (χ1) is 10.3. The molecule has 1 saturated carbocycles. The first-order valence-corrected chi connectivity index (χ1v) is 8.93. The van der Waals surface area contributed by atoms with Gasteiger partial charge >= 0.3 is 0 Å². The lowest BCUT2D eigenvalue weighted by Crippen LogP contribution is -2.30. The summed E-state index contributed by atoms with van der Waals surface area (Å²) in [5.41, 5.74) is 3.06. The summed E-state index contributed by atoms with van der Waals surface area (Å²) >= 11 is 3.49. The Morgan fingerprint density at radius 3 is 2.38 bits per heavy atom. The fourth-order valence-electron chi connectivity index (χ4n) is 3.51. The molecule has 1 aliphatic rings. The van der Waals surface area contributed by atoms with Gasteiger partial charge < -0.3 is 4.74 Å². The summed E-state index contributed by atoms with van der Waals surface area (Å²) in [5, 5.41) is 0.906. The Bertz CT molecular complexity index is 493. The highest BCUT2D eigenvalue weighted by Gasteiger charge is 2.35. The molecule has 1 nitrogen and oxygen atoms in total. The molecule has 1 fully saturated rings. The van der Waals surface area contributed by atoms with Crippen LogP contribution in [0.25, 0.3) is 0 Å². The fraction of sp³-hybridized carbons (Fsp3) is 0.474. The zero-order valence-corrected chi connectivity index (χ0v) is 14.7. The molecule has 0 aliphatic heterocycles. The van der Waals surface area contributed by atoms with Crippen LogP contribution in [0.15, 0.2) is 48.1 Å². The Balaban J connectivity index is 2.42. The molecule has 0 radical (unpaired) electrons. The van der Waals surface area contributed by atoms with Gasteiger partial charge in [-0.3, -0.25) is 0 Å². The van der Waals surface area contributed by atoms with Crippen LogP contribution in [0.2, 0.25) is 0 Å². The van der Waals surface area contributed by atoms with Gasteiger partial charge in [0.2, 0.25) is 0 Å². The minimum Gasteiger partial charge on any atom is -0.497 e. The molecular weight excluding hydrogens is 324 g/mol. The number of rotatable bonds is 5. The average Bonchev–Trinajstić information content (AvgIpc) is 2.56. The van der Waals surface area contributed by atoms with Crippen LogP contribution in [-0.2, 0) is 5.41 Å². The van der Waals surface area contributed by atoms with E-state index in [9.17, 15) is 0 Å². The first-order valence-electron chi connectivity index (χ1n) is 7.80. The molecule has 0 aromatic heterocycles. The quantitative estimate of drug-likeness (QED) is 0.483. The summed E-state index contributed by atoms with van der Waals surface area (Å²) in [6.45, 7) is 2.16. The van der Waals surface area contributed by atoms with E-state index in [0.29, 0.717) is 0 Å². The maximum absolute atomic E-state index is 5.31. The highest BCUT2D eigenvalue weighted by atomic mass is 79.9. The SMILES string of the molecule is C/C=C(\C=C/CBr)C1(c2ccc(OC)cc2)CCCCC1. The highest BCUT2D eigenvalue weighted by molar-refractivity contribution is 9.09. The second-order valence-electron chi connectivity index (χ2n) is 5.67. The third-order valence-corrected chi connectivity index (χ3v) is 4.97. The third kappa shape index (κ3) is 3.60. The van der Waals surface area contributed by atoms with Crippen molar-refractivity contribution in [1.29, 1.82) is 0 Å². The number of halogens is 1. The van der Waals surface area contributed by atoms with Gasteiger partial charge in [0, 0.05) is 10.7 Å².